The predicted octanol–water partition coefficient (Wildman–Crippen LogP) is 3.51. The van der Waals surface area contributed by atoms with Crippen molar-refractivity contribution in [3.05, 3.63) is 60.2 Å². The molecule has 2 rings (SSSR count). The van der Waals surface area contributed by atoms with E-state index in [0.717, 1.165) is 5.56 Å². The van der Waals surface area contributed by atoms with Crippen molar-refractivity contribution in [2.75, 3.05) is 14.2 Å². The van der Waals surface area contributed by atoms with Crippen LogP contribution in [0.25, 0.3) is 0 Å². The third kappa shape index (κ3) is 4.49. The number of carbonyl (C=O) groups is 1. The van der Waals surface area contributed by atoms with Gasteiger partial charge < -0.3 is 14.4 Å². The van der Waals surface area contributed by atoms with Crippen LogP contribution in [-0.2, 0) is 11.3 Å². The summed E-state index contributed by atoms with van der Waals surface area (Å²) in [5.74, 6) is 1.18. The fourth-order valence-corrected chi connectivity index (χ4v) is 2.36. The number of hydrogen-bond donors (Lipinski definition) is 0. The highest BCUT2D eigenvalue weighted by Gasteiger charge is 2.23. The summed E-state index contributed by atoms with van der Waals surface area (Å²) in [7, 11) is 3.38. The van der Waals surface area contributed by atoms with E-state index >= 15 is 0 Å². The Morgan fingerprint density at radius 3 is 2.26 bits per heavy atom. The zero-order valence-corrected chi connectivity index (χ0v) is 13.9. The van der Waals surface area contributed by atoms with Crippen LogP contribution < -0.4 is 9.47 Å². The number of methoxy groups -OCH3 is 1. The molecule has 0 aliphatic heterocycles. The zero-order valence-electron chi connectivity index (χ0n) is 13.9. The second-order valence-corrected chi connectivity index (χ2v) is 5.35. The molecule has 1 atom stereocenters. The van der Waals surface area contributed by atoms with Crippen LogP contribution in [-0.4, -0.2) is 31.1 Å². The lowest BCUT2D eigenvalue weighted by Gasteiger charge is -2.24. The van der Waals surface area contributed by atoms with E-state index in [1.165, 1.54) is 0 Å². The van der Waals surface area contributed by atoms with Gasteiger partial charge in [-0.25, -0.2) is 0 Å². The molecule has 0 heterocycles. The first-order chi connectivity index (χ1) is 11.2. The van der Waals surface area contributed by atoms with Crippen molar-refractivity contribution in [2.24, 2.45) is 0 Å². The monoisotopic (exact) mass is 313 g/mol. The molecular formula is C19H23NO3. The van der Waals surface area contributed by atoms with Crippen molar-refractivity contribution in [3.8, 4) is 11.5 Å². The molecule has 4 heteroatoms. The summed E-state index contributed by atoms with van der Waals surface area (Å²) >= 11 is 0. The average molecular weight is 313 g/mol. The van der Waals surface area contributed by atoms with E-state index < -0.39 is 6.10 Å². The van der Waals surface area contributed by atoms with Crippen LogP contribution >= 0.6 is 0 Å². The highest BCUT2D eigenvalue weighted by molar-refractivity contribution is 5.81. The van der Waals surface area contributed by atoms with Crippen molar-refractivity contribution < 1.29 is 14.3 Å². The van der Waals surface area contributed by atoms with Crippen LogP contribution in [0.1, 0.15) is 18.9 Å². The normalized spacial score (nSPS) is 11.6. The minimum absolute atomic E-state index is 0.0396. The number of amides is 1. The second-order valence-electron chi connectivity index (χ2n) is 5.35. The number of para-hydroxylation sites is 2. The van der Waals surface area contributed by atoms with E-state index in [1.807, 2.05) is 61.5 Å². The van der Waals surface area contributed by atoms with Crippen LogP contribution in [0.3, 0.4) is 0 Å². The second kappa shape index (κ2) is 8.22. The summed E-state index contributed by atoms with van der Waals surface area (Å²) in [6, 6.07) is 17.3. The topological polar surface area (TPSA) is 38.8 Å². The van der Waals surface area contributed by atoms with Gasteiger partial charge in [0.2, 0.25) is 0 Å². The summed E-state index contributed by atoms with van der Waals surface area (Å²) in [4.78, 5) is 14.3. The molecule has 0 aliphatic carbocycles. The molecule has 0 fully saturated rings. The lowest BCUT2D eigenvalue weighted by molar-refractivity contribution is -0.138. The van der Waals surface area contributed by atoms with E-state index in [2.05, 4.69) is 0 Å². The minimum atomic E-state index is -0.528. The molecular weight excluding hydrogens is 290 g/mol. The Kier molecular flexibility index (Phi) is 6.03. The van der Waals surface area contributed by atoms with E-state index in [9.17, 15) is 4.79 Å². The fraction of sp³-hybridized carbons (Fsp3) is 0.316. The Labute approximate surface area is 137 Å². The average Bonchev–Trinajstić information content (AvgIpc) is 2.60. The first-order valence-electron chi connectivity index (χ1n) is 7.74. The number of nitrogens with zero attached hydrogens (tertiary/aromatic N) is 1. The molecule has 0 N–H and O–H groups in total. The van der Waals surface area contributed by atoms with Crippen molar-refractivity contribution in [3.63, 3.8) is 0 Å². The van der Waals surface area contributed by atoms with Gasteiger partial charge in [-0.05, 0) is 24.1 Å². The number of hydrogen-bond acceptors (Lipinski definition) is 3. The lowest BCUT2D eigenvalue weighted by Crippen LogP contribution is -2.39. The molecule has 0 aromatic heterocycles. The van der Waals surface area contributed by atoms with Crippen LogP contribution in [0.2, 0.25) is 0 Å². The highest BCUT2D eigenvalue weighted by Crippen LogP contribution is 2.27. The Morgan fingerprint density at radius 1 is 1.04 bits per heavy atom. The molecule has 2 aromatic rings. The van der Waals surface area contributed by atoms with Gasteiger partial charge in [-0.15, -0.1) is 0 Å². The molecule has 2 aromatic carbocycles. The SMILES string of the molecule is CC[C@@H](Oc1ccccc1OC)C(=O)N(C)Cc1ccccc1. The van der Waals surface area contributed by atoms with E-state index in [1.54, 1.807) is 19.1 Å². The Balaban J connectivity index is 2.06. The first kappa shape index (κ1) is 16.9. The number of benzene rings is 2. The van der Waals surface area contributed by atoms with Gasteiger partial charge in [0.05, 0.1) is 7.11 Å². The van der Waals surface area contributed by atoms with Crippen LogP contribution in [0.5, 0.6) is 11.5 Å². The lowest BCUT2D eigenvalue weighted by atomic mass is 10.2. The first-order valence-corrected chi connectivity index (χ1v) is 7.74. The predicted molar refractivity (Wildman–Crippen MR) is 90.6 cm³/mol. The van der Waals surface area contributed by atoms with Crippen molar-refractivity contribution in [1.82, 2.24) is 4.90 Å². The quantitative estimate of drug-likeness (QED) is 0.785. The van der Waals surface area contributed by atoms with Gasteiger partial charge in [0.15, 0.2) is 17.6 Å². The van der Waals surface area contributed by atoms with E-state index in [4.69, 9.17) is 9.47 Å². The van der Waals surface area contributed by atoms with Crippen molar-refractivity contribution >= 4 is 5.91 Å². The Bertz CT molecular complexity index is 628. The third-order valence-electron chi connectivity index (χ3n) is 3.62. The summed E-state index contributed by atoms with van der Waals surface area (Å²) in [5.41, 5.74) is 1.09. The van der Waals surface area contributed by atoms with Crippen LogP contribution in [0, 0.1) is 0 Å². The van der Waals surface area contributed by atoms with Crippen molar-refractivity contribution in [2.45, 2.75) is 26.0 Å². The Morgan fingerprint density at radius 2 is 1.65 bits per heavy atom. The molecule has 0 radical (unpaired) electrons. The smallest absolute Gasteiger partial charge is 0.263 e. The molecule has 0 saturated heterocycles. The Hall–Kier alpha value is -2.49. The zero-order chi connectivity index (χ0) is 16.7. The summed E-state index contributed by atoms with van der Waals surface area (Å²) in [5, 5.41) is 0. The van der Waals surface area contributed by atoms with E-state index in [0.29, 0.717) is 24.5 Å². The minimum Gasteiger partial charge on any atom is -0.493 e. The maximum Gasteiger partial charge on any atom is 0.263 e. The number of carbonyl (C=O) groups excluding carboxylic acids is 1. The standard InChI is InChI=1S/C19H23NO3/c1-4-16(23-18-13-9-8-12-17(18)22-3)19(21)20(2)14-15-10-6-5-7-11-15/h5-13,16H,4,14H2,1-3H3/t16-/m1/s1. The molecule has 122 valence electrons. The number of rotatable bonds is 7. The summed E-state index contributed by atoms with van der Waals surface area (Å²) < 4.78 is 11.2. The van der Waals surface area contributed by atoms with Gasteiger partial charge in [0.25, 0.3) is 5.91 Å². The highest BCUT2D eigenvalue weighted by atomic mass is 16.5. The largest absolute Gasteiger partial charge is 0.493 e. The molecule has 4 nitrogen and oxygen atoms in total. The van der Waals surface area contributed by atoms with Gasteiger partial charge >= 0.3 is 0 Å². The van der Waals surface area contributed by atoms with Gasteiger partial charge in [-0.3, -0.25) is 4.79 Å². The third-order valence-corrected chi connectivity index (χ3v) is 3.62. The van der Waals surface area contributed by atoms with Gasteiger partial charge in [0.1, 0.15) is 0 Å². The molecule has 23 heavy (non-hydrogen) atoms. The maximum absolute atomic E-state index is 12.6. The van der Waals surface area contributed by atoms with Gasteiger partial charge in [-0.1, -0.05) is 49.4 Å². The van der Waals surface area contributed by atoms with E-state index in [-0.39, 0.29) is 5.91 Å². The van der Waals surface area contributed by atoms with Crippen LogP contribution in [0.15, 0.2) is 54.6 Å². The van der Waals surface area contributed by atoms with Gasteiger partial charge in [0, 0.05) is 13.6 Å². The summed E-state index contributed by atoms with van der Waals surface area (Å²) in [6.45, 7) is 2.50. The number of ether oxygens (including phenoxy) is 2. The fourth-order valence-electron chi connectivity index (χ4n) is 2.36. The molecule has 0 saturated carbocycles. The molecule has 1 amide bonds. The van der Waals surface area contributed by atoms with Crippen molar-refractivity contribution in [1.29, 1.82) is 0 Å². The molecule has 0 aliphatic rings. The van der Waals surface area contributed by atoms with Gasteiger partial charge in [-0.2, -0.15) is 0 Å². The molecule has 0 unspecified atom stereocenters. The number of likely N-dealkylation sites (N-methyl/N-ethyl adjacent to an activating group) is 1. The van der Waals surface area contributed by atoms with Crippen LogP contribution in [0.4, 0.5) is 0 Å². The molecule has 0 spiro atoms. The maximum atomic E-state index is 12.6. The molecule has 0 bridgehead atoms. The summed E-state index contributed by atoms with van der Waals surface area (Å²) in [6.07, 6.45) is 0.0655.